The maximum atomic E-state index is 13.8. The number of benzene rings is 1. The minimum Gasteiger partial charge on any atom is -0.351 e. The number of nitrogens with one attached hydrogen (secondary N) is 1. The number of fused-ring (bicyclic) bond motifs is 3. The Morgan fingerprint density at radius 2 is 1.81 bits per heavy atom. The van der Waals surface area contributed by atoms with Crippen LogP contribution in [0.1, 0.15) is 60.6 Å². The van der Waals surface area contributed by atoms with Gasteiger partial charge in [0, 0.05) is 17.1 Å². The van der Waals surface area contributed by atoms with Crippen molar-refractivity contribution in [2.24, 2.45) is 0 Å². The van der Waals surface area contributed by atoms with E-state index >= 15 is 0 Å². The summed E-state index contributed by atoms with van der Waals surface area (Å²) in [4.78, 5) is 30.4. The molecule has 3 heterocycles. The number of rotatable bonds is 3. The predicted molar refractivity (Wildman–Crippen MR) is 126 cm³/mol. The smallest absolute Gasteiger partial charge is 0.275 e. The van der Waals surface area contributed by atoms with Crippen LogP contribution in [-0.2, 0) is 11.3 Å². The molecule has 3 aromatic rings. The van der Waals surface area contributed by atoms with E-state index in [2.05, 4.69) is 11.4 Å². The van der Waals surface area contributed by atoms with Crippen molar-refractivity contribution in [1.82, 2.24) is 9.88 Å². The van der Waals surface area contributed by atoms with Gasteiger partial charge in [0.1, 0.15) is 16.1 Å². The van der Waals surface area contributed by atoms with Crippen molar-refractivity contribution < 1.29 is 9.59 Å². The molecule has 0 radical (unpaired) electrons. The molecule has 162 valence electrons. The normalized spacial score (nSPS) is 22.0. The third-order valence-electron chi connectivity index (χ3n) is 6.78. The van der Waals surface area contributed by atoms with Crippen LogP contribution in [0.3, 0.4) is 0 Å². The quantitative estimate of drug-likeness (QED) is 0.616. The lowest BCUT2D eigenvalue weighted by atomic mass is 9.90. The summed E-state index contributed by atoms with van der Waals surface area (Å²) in [6, 6.07) is 10.3. The molecule has 1 aliphatic heterocycles. The molecule has 2 amide bonds. The molecule has 1 atom stereocenters. The number of carbonyl (C=O) groups is 2. The largest absolute Gasteiger partial charge is 0.351 e. The van der Waals surface area contributed by atoms with E-state index in [-0.39, 0.29) is 17.9 Å². The number of amides is 2. The van der Waals surface area contributed by atoms with Crippen molar-refractivity contribution in [3.8, 4) is 0 Å². The lowest BCUT2D eigenvalue weighted by Crippen LogP contribution is -2.65. The van der Waals surface area contributed by atoms with Crippen LogP contribution in [0, 0.1) is 13.8 Å². The molecule has 0 saturated heterocycles. The van der Waals surface area contributed by atoms with E-state index in [9.17, 15) is 9.59 Å². The second-order valence-corrected chi connectivity index (χ2v) is 10.3. The first-order chi connectivity index (χ1) is 14.9. The number of thiophene rings is 1. The molecule has 5 rings (SSSR count). The van der Waals surface area contributed by atoms with Gasteiger partial charge in [0.05, 0.1) is 6.54 Å². The van der Waals surface area contributed by atoms with Gasteiger partial charge in [-0.1, -0.05) is 25.3 Å². The molecule has 6 heteroatoms. The van der Waals surface area contributed by atoms with E-state index in [1.54, 1.807) is 16.2 Å². The van der Waals surface area contributed by atoms with Crippen LogP contribution < -0.4 is 10.2 Å². The zero-order valence-corrected chi connectivity index (χ0v) is 19.2. The Labute approximate surface area is 187 Å². The summed E-state index contributed by atoms with van der Waals surface area (Å²) in [6.07, 6.45) is 5.57. The third kappa shape index (κ3) is 3.37. The van der Waals surface area contributed by atoms with E-state index in [1.165, 1.54) is 6.42 Å². The molecular weight excluding hydrogens is 406 g/mol. The second-order valence-electron chi connectivity index (χ2n) is 9.37. The summed E-state index contributed by atoms with van der Waals surface area (Å²) in [5, 5.41) is 6.40. The number of anilines is 1. The Bertz CT molecular complexity index is 1150. The highest BCUT2D eigenvalue weighted by Crippen LogP contribution is 2.38. The first-order valence-electron chi connectivity index (χ1n) is 11.2. The summed E-state index contributed by atoms with van der Waals surface area (Å²) < 4.78 is 2.04. The number of carbonyl (C=O) groups excluding carboxylic acids is 2. The number of aryl methyl sites for hydroxylation is 2. The minimum atomic E-state index is -1.00. The van der Waals surface area contributed by atoms with E-state index in [4.69, 9.17) is 0 Å². The second kappa shape index (κ2) is 7.52. The fourth-order valence-corrected chi connectivity index (χ4v) is 6.17. The number of hydrogen-bond donors (Lipinski definition) is 1. The fraction of sp³-hybridized carbons (Fsp3) is 0.440. The van der Waals surface area contributed by atoms with Gasteiger partial charge in [0.15, 0.2) is 0 Å². The molecule has 2 aromatic heterocycles. The monoisotopic (exact) mass is 435 g/mol. The Morgan fingerprint density at radius 3 is 2.52 bits per heavy atom. The molecule has 1 saturated carbocycles. The number of hydrogen-bond acceptors (Lipinski definition) is 3. The maximum Gasteiger partial charge on any atom is 0.275 e. The zero-order valence-electron chi connectivity index (χ0n) is 18.4. The standard InChI is InChI=1S/C25H29N3O2S/c1-16-11-17(2)13-20(12-16)28-22(29)21-14-18-9-10-31-23(18)27(21)15-25(28,3)24(30)26-19-7-5-4-6-8-19/h9-14,19H,4-8,15H2,1-3H3,(H,26,30)/t25-/m1/s1. The summed E-state index contributed by atoms with van der Waals surface area (Å²) in [5.41, 5.74) is 2.61. The molecule has 1 aliphatic carbocycles. The highest BCUT2D eigenvalue weighted by molar-refractivity contribution is 7.16. The molecule has 0 bridgehead atoms. The lowest BCUT2D eigenvalue weighted by Gasteiger charge is -2.44. The average molecular weight is 436 g/mol. The molecule has 1 aromatic carbocycles. The van der Waals surface area contributed by atoms with Crippen LogP contribution in [0.4, 0.5) is 5.69 Å². The van der Waals surface area contributed by atoms with Gasteiger partial charge in [-0.25, -0.2) is 0 Å². The van der Waals surface area contributed by atoms with Gasteiger partial charge in [-0.15, -0.1) is 11.3 Å². The van der Waals surface area contributed by atoms with Crippen molar-refractivity contribution in [2.45, 2.75) is 71.0 Å². The molecule has 0 unspecified atom stereocenters. The third-order valence-corrected chi connectivity index (χ3v) is 7.73. The van der Waals surface area contributed by atoms with Gasteiger partial charge < -0.3 is 9.88 Å². The average Bonchev–Trinajstić information content (AvgIpc) is 3.30. The van der Waals surface area contributed by atoms with Crippen LogP contribution in [0.15, 0.2) is 35.7 Å². The molecule has 2 aliphatic rings. The Balaban J connectivity index is 1.62. The van der Waals surface area contributed by atoms with E-state index < -0.39 is 5.54 Å². The van der Waals surface area contributed by atoms with Crippen molar-refractivity contribution >= 4 is 39.1 Å². The summed E-state index contributed by atoms with van der Waals surface area (Å²) >= 11 is 1.62. The predicted octanol–water partition coefficient (Wildman–Crippen LogP) is 5.19. The van der Waals surface area contributed by atoms with Gasteiger partial charge in [-0.3, -0.25) is 14.5 Å². The summed E-state index contributed by atoms with van der Waals surface area (Å²) in [6.45, 7) is 6.43. The van der Waals surface area contributed by atoms with Crippen molar-refractivity contribution in [1.29, 1.82) is 0 Å². The molecule has 5 nitrogen and oxygen atoms in total. The van der Waals surface area contributed by atoms with Crippen molar-refractivity contribution in [2.75, 3.05) is 4.90 Å². The molecule has 31 heavy (non-hydrogen) atoms. The van der Waals surface area contributed by atoms with Crippen molar-refractivity contribution in [3.05, 3.63) is 52.5 Å². The van der Waals surface area contributed by atoms with Crippen LogP contribution >= 0.6 is 11.3 Å². The van der Waals surface area contributed by atoms with Gasteiger partial charge in [0.2, 0.25) is 5.91 Å². The number of aromatic nitrogens is 1. The van der Waals surface area contributed by atoms with Crippen LogP contribution in [0.2, 0.25) is 0 Å². The van der Waals surface area contributed by atoms with Crippen LogP contribution in [0.5, 0.6) is 0 Å². The first-order valence-corrected chi connectivity index (χ1v) is 12.1. The first kappa shape index (κ1) is 20.3. The van der Waals surface area contributed by atoms with Crippen molar-refractivity contribution in [3.63, 3.8) is 0 Å². The van der Waals surface area contributed by atoms with Gasteiger partial charge in [-0.05, 0) is 74.4 Å². The maximum absolute atomic E-state index is 13.8. The Kier molecular flexibility index (Phi) is 4.93. The fourth-order valence-electron chi connectivity index (χ4n) is 5.27. The SMILES string of the molecule is Cc1cc(C)cc(N2C(=O)c3cc4ccsc4n3C[C@]2(C)C(=O)NC2CCCCC2)c1. The number of nitrogens with zero attached hydrogens (tertiary/aromatic N) is 2. The summed E-state index contributed by atoms with van der Waals surface area (Å²) in [7, 11) is 0. The van der Waals surface area contributed by atoms with Crippen LogP contribution in [-0.4, -0.2) is 28.0 Å². The van der Waals surface area contributed by atoms with Crippen LogP contribution in [0.25, 0.3) is 10.2 Å². The van der Waals surface area contributed by atoms with E-state index in [0.717, 1.165) is 52.7 Å². The van der Waals surface area contributed by atoms with Gasteiger partial charge >= 0.3 is 0 Å². The Hall–Kier alpha value is -2.60. The highest BCUT2D eigenvalue weighted by atomic mass is 32.1. The topological polar surface area (TPSA) is 54.3 Å². The lowest BCUT2D eigenvalue weighted by molar-refractivity contribution is -0.127. The van der Waals surface area contributed by atoms with Gasteiger partial charge in [0.25, 0.3) is 5.91 Å². The molecule has 0 spiro atoms. The highest BCUT2D eigenvalue weighted by Gasteiger charge is 2.49. The molecule has 1 N–H and O–H groups in total. The zero-order chi connectivity index (χ0) is 21.8. The van der Waals surface area contributed by atoms with E-state index in [0.29, 0.717) is 12.2 Å². The Morgan fingerprint density at radius 1 is 1.10 bits per heavy atom. The molecule has 1 fully saturated rings. The minimum absolute atomic E-state index is 0.0593. The van der Waals surface area contributed by atoms with Gasteiger partial charge in [-0.2, -0.15) is 0 Å². The summed E-state index contributed by atoms with van der Waals surface area (Å²) in [5.74, 6) is -0.170. The molecular formula is C25H29N3O2S. The van der Waals surface area contributed by atoms with E-state index in [1.807, 2.05) is 55.0 Å².